The smallest absolute Gasteiger partial charge is 0.150 e. The van der Waals surface area contributed by atoms with Gasteiger partial charge >= 0.3 is 0 Å². The van der Waals surface area contributed by atoms with E-state index in [1.807, 2.05) is 12.4 Å². The number of rotatable bonds is 3. The second-order valence-corrected chi connectivity index (χ2v) is 5.22. The molecule has 3 rings (SSSR count). The van der Waals surface area contributed by atoms with Crippen molar-refractivity contribution in [3.8, 4) is 10.7 Å². The molecule has 0 atom stereocenters. The van der Waals surface area contributed by atoms with Gasteiger partial charge in [-0.1, -0.05) is 6.07 Å². The van der Waals surface area contributed by atoms with Gasteiger partial charge in [-0.25, -0.2) is 4.98 Å². The third-order valence-corrected chi connectivity index (χ3v) is 3.99. The second-order valence-electron chi connectivity index (χ2n) is 3.49. The summed E-state index contributed by atoms with van der Waals surface area (Å²) in [4.78, 5) is 5.64. The molecule has 0 bridgehead atoms. The van der Waals surface area contributed by atoms with Gasteiger partial charge in [0.25, 0.3) is 0 Å². The Labute approximate surface area is 102 Å². The standard InChI is InChI=1S/C12H10N2S2/c1-2-11(16-6-1)12-13-4-5-14(12)8-10-3-7-15-9-10/h1-7,9H,8H2. The number of thiophene rings is 2. The molecule has 0 amide bonds. The molecule has 80 valence electrons. The Morgan fingerprint density at radius 1 is 1.25 bits per heavy atom. The molecule has 4 heteroatoms. The Morgan fingerprint density at radius 3 is 3.00 bits per heavy atom. The zero-order valence-electron chi connectivity index (χ0n) is 8.54. The van der Waals surface area contributed by atoms with E-state index >= 15 is 0 Å². The summed E-state index contributed by atoms with van der Waals surface area (Å²) in [5.74, 6) is 1.06. The Bertz CT molecular complexity index is 550. The van der Waals surface area contributed by atoms with E-state index in [0.717, 1.165) is 12.4 Å². The van der Waals surface area contributed by atoms with Crippen molar-refractivity contribution >= 4 is 22.7 Å². The van der Waals surface area contributed by atoms with Gasteiger partial charge in [0.2, 0.25) is 0 Å². The average molecular weight is 246 g/mol. The molecule has 0 radical (unpaired) electrons. The van der Waals surface area contributed by atoms with Gasteiger partial charge in [-0.2, -0.15) is 11.3 Å². The molecule has 0 aliphatic rings. The molecule has 3 aromatic rings. The van der Waals surface area contributed by atoms with E-state index in [4.69, 9.17) is 0 Å². The van der Waals surface area contributed by atoms with E-state index in [0.29, 0.717) is 0 Å². The summed E-state index contributed by atoms with van der Waals surface area (Å²) in [6, 6.07) is 6.32. The van der Waals surface area contributed by atoms with Gasteiger partial charge in [0.1, 0.15) is 5.82 Å². The summed E-state index contributed by atoms with van der Waals surface area (Å²) in [5.41, 5.74) is 1.33. The van der Waals surface area contributed by atoms with Crippen LogP contribution in [-0.2, 0) is 6.54 Å². The summed E-state index contributed by atoms with van der Waals surface area (Å²) < 4.78 is 2.19. The van der Waals surface area contributed by atoms with Crippen molar-refractivity contribution in [2.24, 2.45) is 0 Å². The summed E-state index contributed by atoms with van der Waals surface area (Å²) >= 11 is 3.46. The third-order valence-electron chi connectivity index (χ3n) is 2.39. The number of nitrogens with zero attached hydrogens (tertiary/aromatic N) is 2. The second kappa shape index (κ2) is 4.23. The zero-order chi connectivity index (χ0) is 10.8. The van der Waals surface area contributed by atoms with Crippen molar-refractivity contribution in [3.05, 3.63) is 52.3 Å². The maximum absolute atomic E-state index is 4.42. The molecule has 0 aliphatic carbocycles. The molecule has 0 aromatic carbocycles. The Kier molecular flexibility index (Phi) is 2.60. The topological polar surface area (TPSA) is 17.8 Å². The SMILES string of the molecule is c1csc(-c2nccn2Cc2ccsc2)c1. The quantitative estimate of drug-likeness (QED) is 0.688. The van der Waals surface area contributed by atoms with E-state index in [-0.39, 0.29) is 0 Å². The van der Waals surface area contributed by atoms with Crippen LogP contribution in [-0.4, -0.2) is 9.55 Å². The largest absolute Gasteiger partial charge is 0.326 e. The van der Waals surface area contributed by atoms with Crippen LogP contribution in [0.2, 0.25) is 0 Å². The number of aromatic nitrogens is 2. The lowest BCUT2D eigenvalue weighted by Gasteiger charge is -2.04. The van der Waals surface area contributed by atoms with Crippen LogP contribution in [0, 0.1) is 0 Å². The normalized spacial score (nSPS) is 10.8. The highest BCUT2D eigenvalue weighted by Gasteiger charge is 2.06. The van der Waals surface area contributed by atoms with Crippen LogP contribution in [0.1, 0.15) is 5.56 Å². The third kappa shape index (κ3) is 1.81. The first-order valence-electron chi connectivity index (χ1n) is 4.99. The van der Waals surface area contributed by atoms with Crippen molar-refractivity contribution in [1.82, 2.24) is 9.55 Å². The van der Waals surface area contributed by atoms with Crippen molar-refractivity contribution < 1.29 is 0 Å². The summed E-state index contributed by atoms with van der Waals surface area (Å²) in [5, 5.41) is 6.37. The first-order valence-corrected chi connectivity index (χ1v) is 6.82. The van der Waals surface area contributed by atoms with E-state index in [2.05, 4.69) is 43.9 Å². The molecule has 0 fully saturated rings. The summed E-state index contributed by atoms with van der Waals surface area (Å²) in [6.45, 7) is 0.900. The van der Waals surface area contributed by atoms with Crippen LogP contribution in [0.4, 0.5) is 0 Å². The molecule has 16 heavy (non-hydrogen) atoms. The maximum atomic E-state index is 4.42. The van der Waals surface area contributed by atoms with Gasteiger partial charge in [0.05, 0.1) is 4.88 Å². The zero-order valence-corrected chi connectivity index (χ0v) is 10.2. The molecular formula is C12H10N2S2. The van der Waals surface area contributed by atoms with Gasteiger partial charge in [-0.15, -0.1) is 11.3 Å². The van der Waals surface area contributed by atoms with E-state index in [1.54, 1.807) is 22.7 Å². The van der Waals surface area contributed by atoms with Crippen molar-refractivity contribution in [1.29, 1.82) is 0 Å². The molecule has 0 saturated heterocycles. The van der Waals surface area contributed by atoms with Gasteiger partial charge in [-0.05, 0) is 33.8 Å². The van der Waals surface area contributed by atoms with Crippen molar-refractivity contribution in [2.45, 2.75) is 6.54 Å². The highest BCUT2D eigenvalue weighted by Crippen LogP contribution is 2.23. The lowest BCUT2D eigenvalue weighted by atomic mass is 10.3. The fraction of sp³-hybridized carbons (Fsp3) is 0.0833. The van der Waals surface area contributed by atoms with Crippen LogP contribution in [0.5, 0.6) is 0 Å². The van der Waals surface area contributed by atoms with Crippen LogP contribution in [0.15, 0.2) is 46.7 Å². The first-order chi connectivity index (χ1) is 7.93. The molecule has 3 aromatic heterocycles. The van der Waals surface area contributed by atoms with Crippen molar-refractivity contribution in [2.75, 3.05) is 0 Å². The molecule has 0 unspecified atom stereocenters. The Balaban J connectivity index is 1.94. The molecule has 0 saturated carbocycles. The molecule has 0 spiro atoms. The Hall–Kier alpha value is -1.39. The predicted octanol–water partition coefficient (Wildman–Crippen LogP) is 3.72. The molecule has 3 heterocycles. The minimum atomic E-state index is 0.900. The van der Waals surface area contributed by atoms with Crippen LogP contribution in [0.25, 0.3) is 10.7 Å². The minimum absolute atomic E-state index is 0.900. The van der Waals surface area contributed by atoms with Gasteiger partial charge in [-0.3, -0.25) is 0 Å². The van der Waals surface area contributed by atoms with E-state index < -0.39 is 0 Å². The summed E-state index contributed by atoms with van der Waals surface area (Å²) in [7, 11) is 0. The van der Waals surface area contributed by atoms with Gasteiger partial charge in [0.15, 0.2) is 0 Å². The van der Waals surface area contributed by atoms with E-state index in [9.17, 15) is 0 Å². The Morgan fingerprint density at radius 2 is 2.25 bits per heavy atom. The average Bonchev–Trinajstić information content (AvgIpc) is 2.98. The van der Waals surface area contributed by atoms with Crippen LogP contribution >= 0.6 is 22.7 Å². The lowest BCUT2D eigenvalue weighted by molar-refractivity contribution is 0.812. The first kappa shape index (κ1) is 9.81. The van der Waals surface area contributed by atoms with Gasteiger partial charge < -0.3 is 4.57 Å². The monoisotopic (exact) mass is 246 g/mol. The van der Waals surface area contributed by atoms with Crippen LogP contribution in [0.3, 0.4) is 0 Å². The molecule has 0 aliphatic heterocycles. The van der Waals surface area contributed by atoms with Gasteiger partial charge in [0, 0.05) is 18.9 Å². The number of imidazole rings is 1. The predicted molar refractivity (Wildman–Crippen MR) is 69.0 cm³/mol. The highest BCUT2D eigenvalue weighted by atomic mass is 32.1. The molecule has 2 nitrogen and oxygen atoms in total. The highest BCUT2D eigenvalue weighted by molar-refractivity contribution is 7.13. The lowest BCUT2D eigenvalue weighted by Crippen LogP contribution is -1.98. The minimum Gasteiger partial charge on any atom is -0.326 e. The molecular weight excluding hydrogens is 236 g/mol. The van der Waals surface area contributed by atoms with E-state index in [1.165, 1.54) is 10.4 Å². The number of hydrogen-bond donors (Lipinski definition) is 0. The number of hydrogen-bond acceptors (Lipinski definition) is 3. The maximum Gasteiger partial charge on any atom is 0.150 e. The fourth-order valence-electron chi connectivity index (χ4n) is 1.65. The summed E-state index contributed by atoms with van der Waals surface area (Å²) in [6.07, 6.45) is 3.90. The fourth-order valence-corrected chi connectivity index (χ4v) is 3.04. The van der Waals surface area contributed by atoms with Crippen LogP contribution < -0.4 is 0 Å². The molecule has 0 N–H and O–H groups in total. The van der Waals surface area contributed by atoms with Crippen molar-refractivity contribution in [3.63, 3.8) is 0 Å².